The summed E-state index contributed by atoms with van der Waals surface area (Å²) in [6, 6.07) is 4.15. The summed E-state index contributed by atoms with van der Waals surface area (Å²) in [7, 11) is 0. The molecule has 0 fully saturated rings. The molecule has 1 unspecified atom stereocenters. The van der Waals surface area contributed by atoms with Crippen LogP contribution < -0.4 is 10.1 Å². The van der Waals surface area contributed by atoms with Gasteiger partial charge in [-0.1, -0.05) is 29.8 Å². The van der Waals surface area contributed by atoms with E-state index < -0.39 is 0 Å². The molecule has 0 aromatic heterocycles. The van der Waals surface area contributed by atoms with Crippen LogP contribution in [-0.4, -0.2) is 24.4 Å². The van der Waals surface area contributed by atoms with Crippen LogP contribution in [0.4, 0.5) is 0 Å². The zero-order chi connectivity index (χ0) is 14.3. The van der Waals surface area contributed by atoms with Gasteiger partial charge in [0.2, 0.25) is 0 Å². The first-order chi connectivity index (χ1) is 9.12. The van der Waals surface area contributed by atoms with Crippen molar-refractivity contribution in [1.29, 1.82) is 0 Å². The molecule has 1 aromatic rings. The normalized spacial score (nSPS) is 12.5. The largest absolute Gasteiger partial charge is 0.492 e. The van der Waals surface area contributed by atoms with Crippen LogP contribution in [0.2, 0.25) is 0 Å². The second-order valence-electron chi connectivity index (χ2n) is 4.39. The monoisotopic (exact) mass is 393 g/mol. The second kappa shape index (κ2) is 8.95. The van der Waals surface area contributed by atoms with E-state index in [2.05, 4.69) is 51.0 Å². The lowest BCUT2D eigenvalue weighted by atomic mass is 10.1. The van der Waals surface area contributed by atoms with E-state index in [9.17, 15) is 5.11 Å². The average molecular weight is 395 g/mol. The third-order valence-corrected chi connectivity index (χ3v) is 3.88. The zero-order valence-corrected chi connectivity index (χ0v) is 14.6. The Kier molecular flexibility index (Phi) is 7.99. The zero-order valence-electron chi connectivity index (χ0n) is 11.4. The highest BCUT2D eigenvalue weighted by atomic mass is 79.9. The Morgan fingerprint density at radius 2 is 2.05 bits per heavy atom. The predicted octanol–water partition coefficient (Wildman–Crippen LogP) is 3.86. The van der Waals surface area contributed by atoms with E-state index >= 15 is 0 Å². The van der Waals surface area contributed by atoms with Gasteiger partial charge in [0.05, 0.1) is 17.7 Å². The van der Waals surface area contributed by atoms with E-state index in [1.807, 2.05) is 12.1 Å². The van der Waals surface area contributed by atoms with Crippen molar-refractivity contribution < 1.29 is 9.84 Å². The molecule has 1 aromatic carbocycles. The summed E-state index contributed by atoms with van der Waals surface area (Å²) in [5.74, 6) is 0.880. The minimum absolute atomic E-state index is 0.122. The first-order valence-corrected chi connectivity index (χ1v) is 8.15. The molecule has 0 radical (unpaired) electrons. The van der Waals surface area contributed by atoms with Crippen LogP contribution in [-0.2, 0) is 6.54 Å². The molecule has 0 aliphatic heterocycles. The van der Waals surface area contributed by atoms with Crippen molar-refractivity contribution in [2.45, 2.75) is 39.3 Å². The van der Waals surface area contributed by atoms with Gasteiger partial charge in [-0.3, -0.25) is 0 Å². The Morgan fingerprint density at radius 1 is 1.32 bits per heavy atom. The lowest BCUT2D eigenvalue weighted by molar-refractivity contribution is 0.237. The molecular weight excluding hydrogens is 374 g/mol. The molecule has 0 saturated heterocycles. The van der Waals surface area contributed by atoms with E-state index in [1.54, 1.807) is 0 Å². The maximum atomic E-state index is 9.21. The smallest absolute Gasteiger partial charge is 0.138 e. The number of nitrogens with one attached hydrogen (secondary N) is 1. The minimum Gasteiger partial charge on any atom is -0.492 e. The molecule has 0 bridgehead atoms. The fraction of sp³-hybridized carbons (Fsp3) is 0.571. The molecule has 0 spiro atoms. The maximum Gasteiger partial charge on any atom is 0.138 e. The van der Waals surface area contributed by atoms with Crippen LogP contribution in [0.25, 0.3) is 0 Å². The SMILES string of the molecule is CCCOc1c(Br)cc(Br)cc1CNC(CC)CO. The van der Waals surface area contributed by atoms with Gasteiger partial charge in [0.15, 0.2) is 0 Å². The Labute approximate surface area is 132 Å². The van der Waals surface area contributed by atoms with Crippen molar-refractivity contribution in [3.05, 3.63) is 26.6 Å². The topological polar surface area (TPSA) is 41.5 Å². The van der Waals surface area contributed by atoms with Gasteiger partial charge in [-0.25, -0.2) is 0 Å². The van der Waals surface area contributed by atoms with E-state index in [4.69, 9.17) is 4.74 Å². The molecule has 0 amide bonds. The second-order valence-corrected chi connectivity index (χ2v) is 6.16. The first-order valence-electron chi connectivity index (χ1n) is 6.57. The third-order valence-electron chi connectivity index (χ3n) is 2.83. The number of ether oxygens (including phenoxy) is 1. The van der Waals surface area contributed by atoms with Crippen molar-refractivity contribution in [1.82, 2.24) is 5.32 Å². The summed E-state index contributed by atoms with van der Waals surface area (Å²) in [6.07, 6.45) is 1.88. The summed E-state index contributed by atoms with van der Waals surface area (Å²) in [5.41, 5.74) is 1.08. The van der Waals surface area contributed by atoms with Crippen molar-refractivity contribution in [2.75, 3.05) is 13.2 Å². The molecule has 0 heterocycles. The molecule has 108 valence electrons. The summed E-state index contributed by atoms with van der Waals surface area (Å²) >= 11 is 7.03. The van der Waals surface area contributed by atoms with E-state index in [1.165, 1.54) is 0 Å². The molecule has 1 rings (SSSR count). The molecule has 2 N–H and O–H groups in total. The Hall–Kier alpha value is -0.100. The quantitative estimate of drug-likeness (QED) is 0.703. The minimum atomic E-state index is 0.122. The summed E-state index contributed by atoms with van der Waals surface area (Å²) < 4.78 is 7.76. The van der Waals surface area contributed by atoms with Crippen LogP contribution in [0, 0.1) is 0 Å². The average Bonchev–Trinajstić information content (AvgIpc) is 2.38. The van der Waals surface area contributed by atoms with Gasteiger partial charge in [-0.05, 0) is 40.9 Å². The number of aliphatic hydroxyl groups is 1. The summed E-state index contributed by atoms with van der Waals surface area (Å²) in [6.45, 7) is 5.67. The molecule has 5 heteroatoms. The number of halogens is 2. The van der Waals surface area contributed by atoms with Gasteiger partial charge in [0.25, 0.3) is 0 Å². The van der Waals surface area contributed by atoms with Gasteiger partial charge in [0, 0.05) is 22.6 Å². The van der Waals surface area contributed by atoms with E-state index in [0.29, 0.717) is 13.2 Å². The number of benzene rings is 1. The standard InChI is InChI=1S/C14H21Br2NO2/c1-3-5-19-14-10(6-11(15)7-13(14)16)8-17-12(4-2)9-18/h6-7,12,17-18H,3-5,8-9H2,1-2H3. The maximum absolute atomic E-state index is 9.21. The summed E-state index contributed by atoms with van der Waals surface area (Å²) in [5, 5.41) is 12.5. The van der Waals surface area contributed by atoms with E-state index in [0.717, 1.165) is 33.1 Å². The first kappa shape index (κ1) is 17.0. The molecule has 19 heavy (non-hydrogen) atoms. The Bertz CT molecular complexity index is 395. The highest BCUT2D eigenvalue weighted by Crippen LogP contribution is 2.33. The van der Waals surface area contributed by atoms with Crippen LogP contribution in [0.15, 0.2) is 21.1 Å². The molecule has 0 saturated carbocycles. The highest BCUT2D eigenvalue weighted by molar-refractivity contribution is 9.11. The number of aliphatic hydroxyl groups excluding tert-OH is 1. The molecule has 1 atom stereocenters. The van der Waals surface area contributed by atoms with Gasteiger partial charge in [-0.15, -0.1) is 0 Å². The third kappa shape index (κ3) is 5.42. The molecule has 3 nitrogen and oxygen atoms in total. The van der Waals surface area contributed by atoms with Gasteiger partial charge in [-0.2, -0.15) is 0 Å². The molecule has 0 aliphatic carbocycles. The fourth-order valence-corrected chi connectivity index (χ4v) is 3.13. The van der Waals surface area contributed by atoms with Gasteiger partial charge in [0.1, 0.15) is 5.75 Å². The van der Waals surface area contributed by atoms with Crippen molar-refractivity contribution >= 4 is 31.9 Å². The van der Waals surface area contributed by atoms with Gasteiger partial charge < -0.3 is 15.2 Å². The van der Waals surface area contributed by atoms with E-state index in [-0.39, 0.29) is 12.6 Å². The number of hydrogen-bond acceptors (Lipinski definition) is 3. The number of hydrogen-bond donors (Lipinski definition) is 2. The molecular formula is C14H21Br2NO2. The van der Waals surface area contributed by atoms with Crippen LogP contribution >= 0.6 is 31.9 Å². The lowest BCUT2D eigenvalue weighted by Gasteiger charge is -2.17. The van der Waals surface area contributed by atoms with Crippen LogP contribution in [0.5, 0.6) is 5.75 Å². The fourth-order valence-electron chi connectivity index (χ4n) is 1.70. The highest BCUT2D eigenvalue weighted by Gasteiger charge is 2.12. The number of rotatable bonds is 8. The lowest BCUT2D eigenvalue weighted by Crippen LogP contribution is -2.31. The predicted molar refractivity (Wildman–Crippen MR) is 85.6 cm³/mol. The van der Waals surface area contributed by atoms with Crippen molar-refractivity contribution in [2.24, 2.45) is 0 Å². The van der Waals surface area contributed by atoms with Crippen molar-refractivity contribution in [3.8, 4) is 5.75 Å². The van der Waals surface area contributed by atoms with Gasteiger partial charge >= 0.3 is 0 Å². The van der Waals surface area contributed by atoms with Crippen LogP contribution in [0.3, 0.4) is 0 Å². The summed E-state index contributed by atoms with van der Waals surface area (Å²) in [4.78, 5) is 0. The van der Waals surface area contributed by atoms with Crippen LogP contribution in [0.1, 0.15) is 32.3 Å². The Balaban J connectivity index is 2.84. The molecule has 0 aliphatic rings. The van der Waals surface area contributed by atoms with Crippen molar-refractivity contribution in [3.63, 3.8) is 0 Å². The Morgan fingerprint density at radius 3 is 2.63 bits per heavy atom.